The molecule has 0 radical (unpaired) electrons. The van der Waals surface area contributed by atoms with Crippen molar-refractivity contribution in [2.24, 2.45) is 0 Å². The van der Waals surface area contributed by atoms with Crippen LogP contribution in [0.4, 0.5) is 0 Å². The number of rotatable bonds is 8. The minimum atomic E-state index is -1.04. The summed E-state index contributed by atoms with van der Waals surface area (Å²) < 4.78 is 0. The third-order valence-corrected chi connectivity index (χ3v) is 3.46. The highest BCUT2D eigenvalue weighted by molar-refractivity contribution is 7.12. The Morgan fingerprint density at radius 3 is 2.70 bits per heavy atom. The van der Waals surface area contributed by atoms with Crippen LogP contribution in [0.3, 0.4) is 0 Å². The third-order valence-electron chi connectivity index (χ3n) is 2.59. The largest absolute Gasteiger partial charge is 0.480 e. The summed E-state index contributed by atoms with van der Waals surface area (Å²) in [5, 5.41) is 15.8. The topological polar surface area (TPSA) is 95.5 Å². The molecule has 0 aromatic carbocycles. The Balaban J connectivity index is 2.29. The molecule has 20 heavy (non-hydrogen) atoms. The van der Waals surface area contributed by atoms with Crippen molar-refractivity contribution in [3.8, 4) is 0 Å². The Bertz CT molecular complexity index is 459. The summed E-state index contributed by atoms with van der Waals surface area (Å²) in [6.45, 7) is 2.03. The van der Waals surface area contributed by atoms with E-state index < -0.39 is 12.0 Å². The zero-order valence-electron chi connectivity index (χ0n) is 11.2. The molecule has 0 bridgehead atoms. The van der Waals surface area contributed by atoms with Crippen molar-refractivity contribution in [2.45, 2.75) is 32.2 Å². The van der Waals surface area contributed by atoms with Crippen LogP contribution < -0.4 is 10.6 Å². The lowest BCUT2D eigenvalue weighted by Crippen LogP contribution is -2.41. The Kier molecular flexibility index (Phi) is 6.72. The van der Waals surface area contributed by atoms with Crippen molar-refractivity contribution in [1.29, 1.82) is 0 Å². The molecular weight excluding hydrogens is 280 g/mol. The van der Waals surface area contributed by atoms with Crippen LogP contribution >= 0.6 is 11.3 Å². The highest BCUT2D eigenvalue weighted by Crippen LogP contribution is 2.07. The fraction of sp³-hybridized carbons (Fsp3) is 0.462. The van der Waals surface area contributed by atoms with Gasteiger partial charge in [-0.05, 0) is 17.9 Å². The van der Waals surface area contributed by atoms with Crippen LogP contribution in [-0.4, -0.2) is 35.5 Å². The lowest BCUT2D eigenvalue weighted by atomic mass is 10.1. The molecule has 0 aliphatic carbocycles. The lowest BCUT2D eigenvalue weighted by molar-refractivity contribution is -0.142. The van der Waals surface area contributed by atoms with Gasteiger partial charge in [0, 0.05) is 13.0 Å². The molecule has 2 amide bonds. The van der Waals surface area contributed by atoms with Crippen LogP contribution in [-0.2, 0) is 9.59 Å². The molecule has 0 aliphatic rings. The molecule has 1 aromatic heterocycles. The van der Waals surface area contributed by atoms with Crippen molar-refractivity contribution in [2.75, 3.05) is 6.54 Å². The number of carboxylic acid groups (broad SMARTS) is 1. The van der Waals surface area contributed by atoms with Crippen LogP contribution in [0.15, 0.2) is 17.5 Å². The molecule has 7 heteroatoms. The molecule has 1 aromatic rings. The van der Waals surface area contributed by atoms with E-state index in [1.807, 2.05) is 6.92 Å². The smallest absolute Gasteiger partial charge is 0.326 e. The van der Waals surface area contributed by atoms with Gasteiger partial charge in [0.2, 0.25) is 5.91 Å². The van der Waals surface area contributed by atoms with Gasteiger partial charge < -0.3 is 15.7 Å². The van der Waals surface area contributed by atoms with Crippen molar-refractivity contribution in [3.05, 3.63) is 22.4 Å². The van der Waals surface area contributed by atoms with E-state index in [4.69, 9.17) is 5.11 Å². The van der Waals surface area contributed by atoms with Gasteiger partial charge in [-0.2, -0.15) is 0 Å². The molecule has 3 N–H and O–H groups in total. The van der Waals surface area contributed by atoms with Crippen LogP contribution in [0.1, 0.15) is 35.9 Å². The Labute approximate surface area is 121 Å². The molecule has 0 aliphatic heterocycles. The van der Waals surface area contributed by atoms with Crippen LogP contribution in [0.2, 0.25) is 0 Å². The molecule has 0 spiro atoms. The highest BCUT2D eigenvalue weighted by Gasteiger charge is 2.18. The van der Waals surface area contributed by atoms with E-state index in [-0.39, 0.29) is 24.8 Å². The van der Waals surface area contributed by atoms with Crippen LogP contribution in [0.5, 0.6) is 0 Å². The molecule has 1 unspecified atom stereocenters. The van der Waals surface area contributed by atoms with Crippen molar-refractivity contribution < 1.29 is 19.5 Å². The maximum atomic E-state index is 11.6. The van der Waals surface area contributed by atoms with Gasteiger partial charge >= 0.3 is 5.97 Å². The normalized spacial score (nSPS) is 11.7. The van der Waals surface area contributed by atoms with E-state index in [1.54, 1.807) is 17.5 Å². The van der Waals surface area contributed by atoms with Gasteiger partial charge in [-0.25, -0.2) is 4.79 Å². The number of thiophene rings is 1. The van der Waals surface area contributed by atoms with E-state index in [0.29, 0.717) is 17.7 Å². The number of carboxylic acids is 1. The maximum absolute atomic E-state index is 11.6. The molecule has 1 heterocycles. The summed E-state index contributed by atoms with van der Waals surface area (Å²) in [6.07, 6.45) is 1.12. The Morgan fingerprint density at radius 1 is 1.40 bits per heavy atom. The summed E-state index contributed by atoms with van der Waals surface area (Å²) in [6, 6.07) is 2.61. The molecule has 0 saturated heterocycles. The Hall–Kier alpha value is -1.89. The molecule has 6 nitrogen and oxygen atoms in total. The molecule has 0 fully saturated rings. The van der Waals surface area contributed by atoms with Gasteiger partial charge in [-0.1, -0.05) is 19.4 Å². The predicted octanol–water partition coefficient (Wildman–Crippen LogP) is 1.24. The summed E-state index contributed by atoms with van der Waals surface area (Å²) in [5.74, 6) is -1.64. The average Bonchev–Trinajstić information content (AvgIpc) is 2.91. The van der Waals surface area contributed by atoms with E-state index in [2.05, 4.69) is 10.6 Å². The third kappa shape index (κ3) is 5.40. The minimum Gasteiger partial charge on any atom is -0.480 e. The fourth-order valence-corrected chi connectivity index (χ4v) is 2.24. The van der Waals surface area contributed by atoms with Gasteiger partial charge in [0.25, 0.3) is 5.91 Å². The fourth-order valence-electron chi connectivity index (χ4n) is 1.60. The molecular formula is C13H18N2O4S. The summed E-state index contributed by atoms with van der Waals surface area (Å²) in [4.78, 5) is 34.6. The van der Waals surface area contributed by atoms with Gasteiger partial charge in [-0.3, -0.25) is 9.59 Å². The number of nitrogens with one attached hydrogen (secondary N) is 2. The molecule has 0 saturated carbocycles. The first-order chi connectivity index (χ1) is 9.54. The average molecular weight is 298 g/mol. The highest BCUT2D eigenvalue weighted by atomic mass is 32.1. The summed E-state index contributed by atoms with van der Waals surface area (Å²) >= 11 is 1.32. The number of aliphatic carboxylic acids is 1. The molecule has 1 atom stereocenters. The maximum Gasteiger partial charge on any atom is 0.326 e. The first kappa shape index (κ1) is 16.2. The number of carbonyl (C=O) groups excluding carboxylic acids is 2. The standard InChI is InChI=1S/C13H18N2O4S/c1-2-4-9(13(18)19)15-11(16)6-7-14-12(17)10-5-3-8-20-10/h3,5,8-9H,2,4,6-7H2,1H3,(H,14,17)(H,15,16)(H,18,19). The molecule has 110 valence electrons. The van der Waals surface area contributed by atoms with Crippen molar-refractivity contribution in [1.82, 2.24) is 10.6 Å². The van der Waals surface area contributed by atoms with Gasteiger partial charge in [0.1, 0.15) is 6.04 Å². The first-order valence-corrected chi connectivity index (χ1v) is 7.26. The van der Waals surface area contributed by atoms with Gasteiger partial charge in [0.15, 0.2) is 0 Å². The lowest BCUT2D eigenvalue weighted by Gasteiger charge is -2.13. The quantitative estimate of drug-likeness (QED) is 0.673. The van der Waals surface area contributed by atoms with E-state index >= 15 is 0 Å². The molecule has 1 rings (SSSR count). The summed E-state index contributed by atoms with van der Waals surface area (Å²) in [5.41, 5.74) is 0. The Morgan fingerprint density at radius 2 is 2.15 bits per heavy atom. The number of hydrogen-bond acceptors (Lipinski definition) is 4. The predicted molar refractivity (Wildman–Crippen MR) is 75.7 cm³/mol. The van der Waals surface area contributed by atoms with Gasteiger partial charge in [-0.15, -0.1) is 11.3 Å². The zero-order chi connectivity index (χ0) is 15.0. The van der Waals surface area contributed by atoms with E-state index in [0.717, 1.165) is 0 Å². The van der Waals surface area contributed by atoms with Crippen LogP contribution in [0, 0.1) is 0 Å². The number of amides is 2. The summed E-state index contributed by atoms with van der Waals surface area (Å²) in [7, 11) is 0. The minimum absolute atomic E-state index is 0.0601. The first-order valence-electron chi connectivity index (χ1n) is 6.38. The van der Waals surface area contributed by atoms with E-state index in [1.165, 1.54) is 11.3 Å². The monoisotopic (exact) mass is 298 g/mol. The number of hydrogen-bond donors (Lipinski definition) is 3. The van der Waals surface area contributed by atoms with Crippen molar-refractivity contribution >= 4 is 29.1 Å². The van der Waals surface area contributed by atoms with Crippen LogP contribution in [0.25, 0.3) is 0 Å². The second kappa shape index (κ2) is 8.31. The van der Waals surface area contributed by atoms with E-state index in [9.17, 15) is 14.4 Å². The second-order valence-corrected chi connectivity index (χ2v) is 5.18. The second-order valence-electron chi connectivity index (χ2n) is 4.23. The van der Waals surface area contributed by atoms with Gasteiger partial charge in [0.05, 0.1) is 4.88 Å². The van der Waals surface area contributed by atoms with Crippen molar-refractivity contribution in [3.63, 3.8) is 0 Å². The SMILES string of the molecule is CCCC(NC(=O)CCNC(=O)c1cccs1)C(=O)O. The zero-order valence-corrected chi connectivity index (χ0v) is 12.0. The number of carbonyl (C=O) groups is 3.